The van der Waals surface area contributed by atoms with Crippen molar-refractivity contribution in [2.45, 2.75) is 13.0 Å². The fourth-order valence-corrected chi connectivity index (χ4v) is 2.93. The highest BCUT2D eigenvalue weighted by atomic mass is 79.9. The summed E-state index contributed by atoms with van der Waals surface area (Å²) in [6.45, 7) is 1.97. The van der Waals surface area contributed by atoms with Crippen LogP contribution < -0.4 is 4.74 Å². The van der Waals surface area contributed by atoms with Crippen molar-refractivity contribution < 1.29 is 9.84 Å². The Balaban J connectivity index is 2.31. The van der Waals surface area contributed by atoms with Crippen LogP contribution in [0.5, 0.6) is 5.75 Å². The summed E-state index contributed by atoms with van der Waals surface area (Å²) < 4.78 is 6.23. The lowest BCUT2D eigenvalue weighted by atomic mass is 10.0. The molecular formula is C13H13BrO2S. The Morgan fingerprint density at radius 2 is 2.06 bits per heavy atom. The SMILES string of the molecule is COc1ccc(C(O)c2csc(Br)c2)cc1C. The minimum Gasteiger partial charge on any atom is -0.496 e. The molecule has 0 amide bonds. The third-order valence-corrected chi connectivity index (χ3v) is 4.16. The lowest BCUT2D eigenvalue weighted by molar-refractivity contribution is 0.220. The Hall–Kier alpha value is -0.840. The summed E-state index contributed by atoms with van der Waals surface area (Å²) in [5.41, 5.74) is 2.82. The number of benzene rings is 1. The fourth-order valence-electron chi connectivity index (χ4n) is 1.73. The Morgan fingerprint density at radius 3 is 2.59 bits per heavy atom. The summed E-state index contributed by atoms with van der Waals surface area (Å²) in [4.78, 5) is 0. The van der Waals surface area contributed by atoms with E-state index in [1.165, 1.54) is 0 Å². The van der Waals surface area contributed by atoms with E-state index in [9.17, 15) is 5.11 Å². The first-order valence-electron chi connectivity index (χ1n) is 5.18. The molecule has 2 rings (SSSR count). The molecule has 0 radical (unpaired) electrons. The summed E-state index contributed by atoms with van der Waals surface area (Å²) in [6.07, 6.45) is -0.581. The van der Waals surface area contributed by atoms with E-state index >= 15 is 0 Å². The Kier molecular flexibility index (Phi) is 3.86. The van der Waals surface area contributed by atoms with Gasteiger partial charge in [0.25, 0.3) is 0 Å². The van der Waals surface area contributed by atoms with Gasteiger partial charge in [-0.05, 0) is 63.1 Å². The first kappa shape index (κ1) is 12.6. The smallest absolute Gasteiger partial charge is 0.121 e. The second-order valence-electron chi connectivity index (χ2n) is 3.82. The number of halogens is 1. The summed E-state index contributed by atoms with van der Waals surface area (Å²) in [7, 11) is 1.65. The minimum absolute atomic E-state index is 0.581. The summed E-state index contributed by atoms with van der Waals surface area (Å²) >= 11 is 4.97. The number of hydrogen-bond donors (Lipinski definition) is 1. The van der Waals surface area contributed by atoms with Crippen LogP contribution in [-0.2, 0) is 0 Å². The van der Waals surface area contributed by atoms with E-state index in [0.29, 0.717) is 0 Å². The molecule has 2 aromatic rings. The molecule has 4 heteroatoms. The van der Waals surface area contributed by atoms with Gasteiger partial charge in [0.1, 0.15) is 11.9 Å². The average molecular weight is 313 g/mol. The summed E-state index contributed by atoms with van der Waals surface area (Å²) in [5.74, 6) is 0.840. The Bertz CT molecular complexity index is 522. The molecule has 0 aliphatic rings. The summed E-state index contributed by atoms with van der Waals surface area (Å²) in [5, 5.41) is 12.2. The van der Waals surface area contributed by atoms with E-state index in [1.807, 2.05) is 36.6 Å². The van der Waals surface area contributed by atoms with Gasteiger partial charge in [-0.15, -0.1) is 11.3 Å². The zero-order valence-electron chi connectivity index (χ0n) is 9.61. The molecule has 1 aromatic carbocycles. The van der Waals surface area contributed by atoms with E-state index in [4.69, 9.17) is 4.74 Å². The number of aryl methyl sites for hydroxylation is 1. The Morgan fingerprint density at radius 1 is 1.29 bits per heavy atom. The van der Waals surface area contributed by atoms with Crippen LogP contribution >= 0.6 is 27.3 Å². The molecule has 90 valence electrons. The number of ether oxygens (including phenoxy) is 1. The van der Waals surface area contributed by atoms with Crippen molar-refractivity contribution in [1.29, 1.82) is 0 Å². The minimum atomic E-state index is -0.581. The van der Waals surface area contributed by atoms with Gasteiger partial charge in [-0.3, -0.25) is 0 Å². The molecule has 1 heterocycles. The van der Waals surface area contributed by atoms with Crippen molar-refractivity contribution in [1.82, 2.24) is 0 Å². The maximum absolute atomic E-state index is 10.2. The topological polar surface area (TPSA) is 29.5 Å². The maximum Gasteiger partial charge on any atom is 0.121 e. The fraction of sp³-hybridized carbons (Fsp3) is 0.231. The van der Waals surface area contributed by atoms with E-state index in [0.717, 1.165) is 26.2 Å². The standard InChI is InChI=1S/C13H13BrO2S/c1-8-5-9(3-4-11(8)16-2)13(15)10-6-12(14)17-7-10/h3-7,13,15H,1-2H3. The highest BCUT2D eigenvalue weighted by Crippen LogP contribution is 2.31. The highest BCUT2D eigenvalue weighted by Gasteiger charge is 2.13. The van der Waals surface area contributed by atoms with Crippen LogP contribution in [0.15, 0.2) is 33.4 Å². The molecule has 0 saturated heterocycles. The quantitative estimate of drug-likeness (QED) is 0.931. The molecule has 0 saturated carbocycles. The first-order chi connectivity index (χ1) is 8.11. The van der Waals surface area contributed by atoms with Crippen LogP contribution in [0.3, 0.4) is 0 Å². The lowest BCUT2D eigenvalue weighted by Crippen LogP contribution is -1.99. The zero-order chi connectivity index (χ0) is 12.4. The van der Waals surface area contributed by atoms with Gasteiger partial charge in [-0.2, -0.15) is 0 Å². The average Bonchev–Trinajstić information content (AvgIpc) is 2.75. The van der Waals surface area contributed by atoms with Gasteiger partial charge < -0.3 is 9.84 Å². The molecule has 17 heavy (non-hydrogen) atoms. The third kappa shape index (κ3) is 2.70. The van der Waals surface area contributed by atoms with Gasteiger partial charge in [0.15, 0.2) is 0 Å². The molecule has 0 fully saturated rings. The predicted octanol–water partition coefficient (Wildman–Crippen LogP) is 3.91. The van der Waals surface area contributed by atoms with Gasteiger partial charge in [0, 0.05) is 0 Å². The highest BCUT2D eigenvalue weighted by molar-refractivity contribution is 9.11. The van der Waals surface area contributed by atoms with Crippen molar-refractivity contribution in [2.24, 2.45) is 0 Å². The lowest BCUT2D eigenvalue weighted by Gasteiger charge is -2.12. The molecule has 0 bridgehead atoms. The molecule has 1 N–H and O–H groups in total. The molecule has 0 aliphatic heterocycles. The van der Waals surface area contributed by atoms with Crippen LogP contribution in [0, 0.1) is 6.92 Å². The number of methoxy groups -OCH3 is 1. The van der Waals surface area contributed by atoms with Crippen molar-refractivity contribution in [2.75, 3.05) is 7.11 Å². The van der Waals surface area contributed by atoms with Crippen LogP contribution in [0.2, 0.25) is 0 Å². The molecule has 0 spiro atoms. The van der Waals surface area contributed by atoms with E-state index in [1.54, 1.807) is 18.4 Å². The van der Waals surface area contributed by atoms with Crippen LogP contribution in [-0.4, -0.2) is 12.2 Å². The molecule has 1 aromatic heterocycles. The van der Waals surface area contributed by atoms with Gasteiger partial charge in [-0.1, -0.05) is 6.07 Å². The van der Waals surface area contributed by atoms with E-state index in [2.05, 4.69) is 15.9 Å². The van der Waals surface area contributed by atoms with Crippen molar-refractivity contribution in [3.8, 4) is 5.75 Å². The maximum atomic E-state index is 10.2. The largest absolute Gasteiger partial charge is 0.496 e. The molecular weight excluding hydrogens is 300 g/mol. The normalized spacial score (nSPS) is 12.5. The van der Waals surface area contributed by atoms with Gasteiger partial charge in [0.2, 0.25) is 0 Å². The van der Waals surface area contributed by atoms with Crippen molar-refractivity contribution >= 4 is 27.3 Å². The van der Waals surface area contributed by atoms with Gasteiger partial charge in [0.05, 0.1) is 10.9 Å². The summed E-state index contributed by atoms with van der Waals surface area (Å²) in [6, 6.07) is 7.67. The zero-order valence-corrected chi connectivity index (χ0v) is 12.0. The van der Waals surface area contributed by atoms with Crippen LogP contribution in [0.1, 0.15) is 22.8 Å². The number of thiophene rings is 1. The molecule has 0 aliphatic carbocycles. The second-order valence-corrected chi connectivity index (χ2v) is 6.11. The Labute approximate surface area is 113 Å². The number of aliphatic hydroxyl groups is 1. The number of hydrogen-bond acceptors (Lipinski definition) is 3. The third-order valence-electron chi connectivity index (χ3n) is 2.64. The molecule has 1 atom stereocenters. The van der Waals surface area contributed by atoms with E-state index < -0.39 is 6.10 Å². The van der Waals surface area contributed by atoms with Crippen molar-refractivity contribution in [3.05, 3.63) is 50.1 Å². The van der Waals surface area contributed by atoms with Crippen LogP contribution in [0.4, 0.5) is 0 Å². The van der Waals surface area contributed by atoms with Gasteiger partial charge >= 0.3 is 0 Å². The number of aliphatic hydroxyl groups excluding tert-OH is 1. The molecule has 1 unspecified atom stereocenters. The predicted molar refractivity (Wildman–Crippen MR) is 73.8 cm³/mol. The van der Waals surface area contributed by atoms with Crippen molar-refractivity contribution in [3.63, 3.8) is 0 Å². The van der Waals surface area contributed by atoms with Crippen LogP contribution in [0.25, 0.3) is 0 Å². The second kappa shape index (κ2) is 5.21. The van der Waals surface area contributed by atoms with E-state index in [-0.39, 0.29) is 0 Å². The monoisotopic (exact) mass is 312 g/mol. The van der Waals surface area contributed by atoms with Gasteiger partial charge in [-0.25, -0.2) is 0 Å². The first-order valence-corrected chi connectivity index (χ1v) is 6.85. The number of rotatable bonds is 3. The molecule has 2 nitrogen and oxygen atoms in total.